The maximum atomic E-state index is 12.3. The fraction of sp³-hybridized carbons (Fsp3) is 0.286. The normalized spacial score (nSPS) is 11.2. The number of ether oxygens (including phenoxy) is 2. The summed E-state index contributed by atoms with van der Waals surface area (Å²) in [7, 11) is 2.33. The molecule has 1 aromatic rings. The Morgan fingerprint density at radius 1 is 1.27 bits per heavy atom. The summed E-state index contributed by atoms with van der Waals surface area (Å²) in [6.07, 6.45) is -1.52. The van der Waals surface area contributed by atoms with E-state index in [1.54, 1.807) is 24.3 Å². The number of carbonyl (C=O) groups excluding carboxylic acids is 2. The van der Waals surface area contributed by atoms with E-state index in [0.29, 0.717) is 10.6 Å². The van der Waals surface area contributed by atoms with Crippen LogP contribution in [0.15, 0.2) is 40.9 Å². The van der Waals surface area contributed by atoms with Gasteiger partial charge < -0.3 is 14.8 Å². The van der Waals surface area contributed by atoms with Crippen LogP contribution in [-0.4, -0.2) is 38.3 Å². The van der Waals surface area contributed by atoms with Crippen LogP contribution in [0.2, 0.25) is 0 Å². The van der Waals surface area contributed by atoms with E-state index in [0.717, 1.165) is 24.9 Å². The van der Waals surface area contributed by atoms with E-state index in [9.17, 15) is 18.4 Å². The van der Waals surface area contributed by atoms with Crippen LogP contribution in [0.3, 0.4) is 0 Å². The van der Waals surface area contributed by atoms with E-state index in [2.05, 4.69) is 14.8 Å². The van der Waals surface area contributed by atoms with Crippen LogP contribution < -0.4 is 5.32 Å². The molecular formula is C14H15F2NO4S. The standard InChI is InChI=1S/C14H15F2NO4S/c1-20-13(18)7-10(14(19)21-2)17-9-5-3-4-6-11(9)22-8-12(15)16/h3-7,12,17H,8H2,1-2H3/b10-7+. The third kappa shape index (κ3) is 5.72. The number of nitrogens with one attached hydrogen (secondary N) is 1. The Morgan fingerprint density at radius 3 is 2.55 bits per heavy atom. The Labute approximate surface area is 130 Å². The third-order valence-corrected chi connectivity index (χ3v) is 3.48. The van der Waals surface area contributed by atoms with Crippen molar-refractivity contribution in [3.8, 4) is 0 Å². The van der Waals surface area contributed by atoms with Crippen LogP contribution in [0.5, 0.6) is 0 Å². The van der Waals surface area contributed by atoms with Gasteiger partial charge in [-0.15, -0.1) is 11.8 Å². The van der Waals surface area contributed by atoms with Crippen molar-refractivity contribution >= 4 is 29.4 Å². The molecule has 0 aliphatic rings. The topological polar surface area (TPSA) is 64.6 Å². The molecule has 0 aromatic heterocycles. The van der Waals surface area contributed by atoms with Crippen LogP contribution in [0, 0.1) is 0 Å². The van der Waals surface area contributed by atoms with Gasteiger partial charge in [0, 0.05) is 4.90 Å². The zero-order valence-electron chi connectivity index (χ0n) is 12.0. The summed E-state index contributed by atoms with van der Waals surface area (Å²) in [5.74, 6) is -1.91. The van der Waals surface area contributed by atoms with Gasteiger partial charge in [0.2, 0.25) is 6.43 Å². The number of hydrogen-bond donors (Lipinski definition) is 1. The smallest absolute Gasteiger partial charge is 0.354 e. The first-order chi connectivity index (χ1) is 10.5. The summed E-state index contributed by atoms with van der Waals surface area (Å²) >= 11 is 0.933. The molecule has 0 heterocycles. The second kappa shape index (κ2) is 9.04. The molecule has 0 bridgehead atoms. The molecule has 0 spiro atoms. The van der Waals surface area contributed by atoms with Gasteiger partial charge in [0.05, 0.1) is 31.7 Å². The number of benzene rings is 1. The second-order valence-electron chi connectivity index (χ2n) is 3.90. The average Bonchev–Trinajstić information content (AvgIpc) is 2.52. The van der Waals surface area contributed by atoms with Gasteiger partial charge in [0.15, 0.2) is 0 Å². The van der Waals surface area contributed by atoms with Gasteiger partial charge in [-0.1, -0.05) is 12.1 Å². The minimum atomic E-state index is -2.45. The zero-order valence-corrected chi connectivity index (χ0v) is 12.8. The Bertz CT molecular complexity index is 564. The van der Waals surface area contributed by atoms with E-state index in [1.807, 2.05) is 0 Å². The molecule has 1 rings (SSSR count). The van der Waals surface area contributed by atoms with Gasteiger partial charge in [-0.2, -0.15) is 0 Å². The Hall–Kier alpha value is -2.09. The van der Waals surface area contributed by atoms with Crippen molar-refractivity contribution in [3.05, 3.63) is 36.0 Å². The monoisotopic (exact) mass is 331 g/mol. The summed E-state index contributed by atoms with van der Waals surface area (Å²) in [6, 6.07) is 6.58. The predicted molar refractivity (Wildman–Crippen MR) is 78.9 cm³/mol. The first kappa shape index (κ1) is 18.0. The number of anilines is 1. The number of para-hydroxylation sites is 1. The van der Waals surface area contributed by atoms with Crippen molar-refractivity contribution < 1.29 is 27.8 Å². The first-order valence-corrected chi connectivity index (χ1v) is 7.11. The SMILES string of the molecule is COC(=O)/C=C(/Nc1ccccc1SCC(F)F)C(=O)OC. The fourth-order valence-corrected chi connectivity index (χ4v) is 2.18. The molecule has 0 fully saturated rings. The summed E-state index contributed by atoms with van der Waals surface area (Å²) in [4.78, 5) is 23.5. The van der Waals surface area contributed by atoms with E-state index >= 15 is 0 Å². The number of alkyl halides is 2. The van der Waals surface area contributed by atoms with Gasteiger partial charge in [0.1, 0.15) is 5.70 Å². The van der Waals surface area contributed by atoms with Crippen molar-refractivity contribution in [1.29, 1.82) is 0 Å². The van der Waals surface area contributed by atoms with Crippen molar-refractivity contribution in [2.75, 3.05) is 25.3 Å². The number of carbonyl (C=O) groups is 2. The van der Waals surface area contributed by atoms with Crippen LogP contribution in [0.1, 0.15) is 0 Å². The molecule has 0 unspecified atom stereocenters. The van der Waals surface area contributed by atoms with E-state index in [1.165, 1.54) is 7.11 Å². The third-order valence-electron chi connectivity index (χ3n) is 2.39. The summed E-state index contributed by atoms with van der Waals surface area (Å²) < 4.78 is 33.7. The van der Waals surface area contributed by atoms with Crippen molar-refractivity contribution in [3.63, 3.8) is 0 Å². The Morgan fingerprint density at radius 2 is 1.95 bits per heavy atom. The molecule has 1 aromatic carbocycles. The highest BCUT2D eigenvalue weighted by Crippen LogP contribution is 2.29. The molecule has 8 heteroatoms. The average molecular weight is 331 g/mol. The molecule has 0 atom stereocenters. The summed E-state index contributed by atoms with van der Waals surface area (Å²) in [5, 5.41) is 2.71. The molecule has 0 aliphatic carbocycles. The quantitative estimate of drug-likeness (QED) is 0.471. The van der Waals surface area contributed by atoms with Gasteiger partial charge in [-0.3, -0.25) is 0 Å². The highest BCUT2D eigenvalue weighted by Gasteiger charge is 2.15. The van der Waals surface area contributed by atoms with E-state index in [-0.39, 0.29) is 11.4 Å². The molecule has 22 heavy (non-hydrogen) atoms. The van der Waals surface area contributed by atoms with E-state index in [4.69, 9.17) is 0 Å². The van der Waals surface area contributed by atoms with Gasteiger partial charge in [-0.25, -0.2) is 18.4 Å². The molecule has 1 N–H and O–H groups in total. The predicted octanol–water partition coefficient (Wildman–Crippen LogP) is 2.69. The highest BCUT2D eigenvalue weighted by atomic mass is 32.2. The molecule has 0 radical (unpaired) electrons. The van der Waals surface area contributed by atoms with Gasteiger partial charge in [-0.05, 0) is 12.1 Å². The maximum absolute atomic E-state index is 12.3. The lowest BCUT2D eigenvalue weighted by Crippen LogP contribution is -2.16. The van der Waals surface area contributed by atoms with Crippen molar-refractivity contribution in [2.45, 2.75) is 11.3 Å². The molecular weight excluding hydrogens is 316 g/mol. The number of hydrogen-bond acceptors (Lipinski definition) is 6. The minimum Gasteiger partial charge on any atom is -0.466 e. The minimum absolute atomic E-state index is 0.153. The fourth-order valence-electron chi connectivity index (χ4n) is 1.43. The largest absolute Gasteiger partial charge is 0.466 e. The van der Waals surface area contributed by atoms with Crippen LogP contribution in [-0.2, 0) is 19.1 Å². The molecule has 0 aliphatic heterocycles. The number of esters is 2. The van der Waals surface area contributed by atoms with Crippen molar-refractivity contribution in [2.24, 2.45) is 0 Å². The van der Waals surface area contributed by atoms with E-state index < -0.39 is 18.4 Å². The first-order valence-electron chi connectivity index (χ1n) is 6.13. The van der Waals surface area contributed by atoms with Gasteiger partial charge in [0.25, 0.3) is 0 Å². The summed E-state index contributed by atoms with van der Waals surface area (Å²) in [5.41, 5.74) is 0.258. The number of halogens is 2. The van der Waals surface area contributed by atoms with Crippen LogP contribution >= 0.6 is 11.8 Å². The Balaban J connectivity index is 3.00. The lowest BCUT2D eigenvalue weighted by Gasteiger charge is -2.13. The zero-order chi connectivity index (χ0) is 16.5. The Kier molecular flexibility index (Phi) is 7.38. The van der Waals surface area contributed by atoms with Crippen LogP contribution in [0.4, 0.5) is 14.5 Å². The second-order valence-corrected chi connectivity index (χ2v) is 4.96. The lowest BCUT2D eigenvalue weighted by molar-refractivity contribution is -0.138. The van der Waals surface area contributed by atoms with Crippen LogP contribution in [0.25, 0.3) is 0 Å². The maximum Gasteiger partial charge on any atom is 0.354 e. The molecule has 0 amide bonds. The lowest BCUT2D eigenvalue weighted by atomic mass is 10.3. The summed E-state index contributed by atoms with van der Waals surface area (Å²) in [6.45, 7) is 0. The van der Waals surface area contributed by atoms with Gasteiger partial charge >= 0.3 is 11.9 Å². The molecule has 0 saturated heterocycles. The number of rotatable bonds is 7. The number of methoxy groups -OCH3 is 2. The molecule has 5 nitrogen and oxygen atoms in total. The highest BCUT2D eigenvalue weighted by molar-refractivity contribution is 7.99. The number of thioether (sulfide) groups is 1. The van der Waals surface area contributed by atoms with Crippen molar-refractivity contribution in [1.82, 2.24) is 0 Å². The molecule has 0 saturated carbocycles. The molecule has 120 valence electrons.